The molecule has 1 N–H and O–H groups in total. The smallest absolute Gasteiger partial charge is 0.126 e. The monoisotopic (exact) mass is 278 g/mol. The number of ether oxygens (including phenoxy) is 1. The first kappa shape index (κ1) is 16.9. The quantitative estimate of drug-likeness (QED) is 0.691. The van der Waals surface area contributed by atoms with Crippen LogP contribution in [-0.4, -0.2) is 11.7 Å². The highest BCUT2D eigenvalue weighted by atomic mass is 16.5. The minimum Gasteiger partial charge on any atom is -0.507 e. The normalized spacial score (nSPS) is 10.8. The maximum Gasteiger partial charge on any atom is 0.126 e. The van der Waals surface area contributed by atoms with Crippen LogP contribution in [0.2, 0.25) is 0 Å². The van der Waals surface area contributed by atoms with E-state index in [4.69, 9.17) is 4.74 Å². The highest BCUT2D eigenvalue weighted by Gasteiger charge is 2.21. The molecule has 0 spiro atoms. The second-order valence-electron chi connectivity index (χ2n) is 5.21. The Labute approximate surface area is 124 Å². The lowest BCUT2D eigenvalue weighted by Crippen LogP contribution is -2.08. The third kappa shape index (κ3) is 3.28. The summed E-state index contributed by atoms with van der Waals surface area (Å²) < 4.78 is 6.12. The Morgan fingerprint density at radius 1 is 0.750 bits per heavy atom. The topological polar surface area (TPSA) is 29.5 Å². The zero-order valence-corrected chi connectivity index (χ0v) is 13.8. The molecule has 0 saturated carbocycles. The zero-order valence-electron chi connectivity index (χ0n) is 13.8. The Morgan fingerprint density at radius 2 is 1.20 bits per heavy atom. The predicted octanol–water partition coefficient (Wildman–Crippen LogP) is 4.82. The lowest BCUT2D eigenvalue weighted by Gasteiger charge is -2.22. The lowest BCUT2D eigenvalue weighted by molar-refractivity contribution is 0.301. The van der Waals surface area contributed by atoms with Gasteiger partial charge in [0.25, 0.3) is 0 Å². The van der Waals surface area contributed by atoms with Gasteiger partial charge in [0.1, 0.15) is 11.5 Å². The summed E-state index contributed by atoms with van der Waals surface area (Å²) in [5, 5.41) is 10.6. The van der Waals surface area contributed by atoms with E-state index in [0.29, 0.717) is 5.75 Å². The molecule has 114 valence electrons. The van der Waals surface area contributed by atoms with Crippen LogP contribution in [0, 0.1) is 0 Å². The van der Waals surface area contributed by atoms with Gasteiger partial charge < -0.3 is 9.84 Å². The van der Waals surface area contributed by atoms with Gasteiger partial charge in [0, 0.05) is 22.3 Å². The van der Waals surface area contributed by atoms with E-state index >= 15 is 0 Å². The molecule has 0 saturated heterocycles. The molecule has 0 aromatic heterocycles. The van der Waals surface area contributed by atoms with Crippen LogP contribution in [0.5, 0.6) is 11.5 Å². The fraction of sp³-hybridized carbons (Fsp3) is 0.667. The molecule has 2 heteroatoms. The van der Waals surface area contributed by atoms with Crippen molar-refractivity contribution in [2.75, 3.05) is 6.61 Å². The van der Waals surface area contributed by atoms with Gasteiger partial charge in [-0.25, -0.2) is 0 Å². The van der Waals surface area contributed by atoms with Crippen molar-refractivity contribution in [2.45, 2.75) is 73.1 Å². The van der Waals surface area contributed by atoms with E-state index in [1.54, 1.807) is 0 Å². The second-order valence-corrected chi connectivity index (χ2v) is 5.21. The molecule has 1 aromatic carbocycles. The van der Waals surface area contributed by atoms with Crippen molar-refractivity contribution in [3.05, 3.63) is 22.3 Å². The molecular formula is C18H30O2. The summed E-state index contributed by atoms with van der Waals surface area (Å²) in [7, 11) is 0. The van der Waals surface area contributed by atoms with Crippen molar-refractivity contribution in [1.82, 2.24) is 0 Å². The summed E-state index contributed by atoms with van der Waals surface area (Å²) in [5.74, 6) is 1.56. The number of hydrogen-bond donors (Lipinski definition) is 1. The number of hydrogen-bond acceptors (Lipinski definition) is 2. The summed E-state index contributed by atoms with van der Waals surface area (Å²) in [6.45, 7) is 11.5. The fourth-order valence-electron chi connectivity index (χ4n) is 2.93. The van der Waals surface area contributed by atoms with Crippen molar-refractivity contribution < 1.29 is 9.84 Å². The van der Waals surface area contributed by atoms with Gasteiger partial charge in [0.15, 0.2) is 0 Å². The van der Waals surface area contributed by atoms with Crippen LogP contribution in [0.15, 0.2) is 0 Å². The van der Waals surface area contributed by atoms with Crippen molar-refractivity contribution in [2.24, 2.45) is 0 Å². The van der Waals surface area contributed by atoms with Crippen LogP contribution in [0.1, 0.15) is 69.7 Å². The van der Waals surface area contributed by atoms with Gasteiger partial charge in [-0.1, -0.05) is 41.0 Å². The van der Waals surface area contributed by atoms with Crippen LogP contribution in [-0.2, 0) is 25.7 Å². The Bertz CT molecular complexity index is 403. The third-order valence-electron chi connectivity index (χ3n) is 4.01. The van der Waals surface area contributed by atoms with E-state index in [2.05, 4.69) is 34.6 Å². The van der Waals surface area contributed by atoms with Crippen molar-refractivity contribution in [1.29, 1.82) is 0 Å². The van der Waals surface area contributed by atoms with E-state index < -0.39 is 0 Å². The Balaban J connectivity index is 3.41. The summed E-state index contributed by atoms with van der Waals surface area (Å²) in [5.41, 5.74) is 4.56. The molecule has 0 amide bonds. The van der Waals surface area contributed by atoms with Crippen LogP contribution in [0.25, 0.3) is 0 Å². The first-order valence-electron chi connectivity index (χ1n) is 8.17. The van der Waals surface area contributed by atoms with E-state index in [9.17, 15) is 5.11 Å². The molecule has 0 aliphatic heterocycles. The average Bonchev–Trinajstić information content (AvgIpc) is 2.47. The standard InChI is InChI=1S/C18H30O2/c1-6-11-12-20-18-15(9-4)13(7-2)17(19)14(8-3)16(18)10-5/h19H,6-12H2,1-5H3. The average molecular weight is 278 g/mol. The molecule has 20 heavy (non-hydrogen) atoms. The van der Waals surface area contributed by atoms with E-state index in [1.807, 2.05) is 0 Å². The largest absolute Gasteiger partial charge is 0.507 e. The number of phenolic OH excluding ortho intramolecular Hbond substituents is 1. The Morgan fingerprint density at radius 3 is 1.55 bits per heavy atom. The number of benzene rings is 1. The molecule has 0 heterocycles. The molecule has 0 fully saturated rings. The Kier molecular flexibility index (Phi) is 6.90. The van der Waals surface area contributed by atoms with Crippen LogP contribution < -0.4 is 4.74 Å². The zero-order chi connectivity index (χ0) is 15.1. The predicted molar refractivity (Wildman–Crippen MR) is 86.0 cm³/mol. The number of unbranched alkanes of at least 4 members (excludes halogenated alkanes) is 1. The maximum absolute atomic E-state index is 10.6. The molecular weight excluding hydrogens is 248 g/mol. The lowest BCUT2D eigenvalue weighted by atomic mass is 9.90. The van der Waals surface area contributed by atoms with Crippen LogP contribution in [0.4, 0.5) is 0 Å². The summed E-state index contributed by atoms with van der Waals surface area (Å²) in [4.78, 5) is 0. The minimum absolute atomic E-state index is 0.506. The molecule has 0 aliphatic carbocycles. The fourth-order valence-corrected chi connectivity index (χ4v) is 2.93. The van der Waals surface area contributed by atoms with Crippen molar-refractivity contribution in [3.63, 3.8) is 0 Å². The van der Waals surface area contributed by atoms with Crippen molar-refractivity contribution >= 4 is 0 Å². The summed E-state index contributed by atoms with van der Waals surface area (Å²) in [6.07, 6.45) is 5.76. The van der Waals surface area contributed by atoms with E-state index in [0.717, 1.165) is 62.0 Å². The number of rotatable bonds is 8. The number of phenols is 1. The van der Waals surface area contributed by atoms with E-state index in [1.165, 1.54) is 11.1 Å². The van der Waals surface area contributed by atoms with Gasteiger partial charge in [-0.2, -0.15) is 0 Å². The van der Waals surface area contributed by atoms with Gasteiger partial charge in [-0.05, 0) is 32.1 Å². The van der Waals surface area contributed by atoms with Gasteiger partial charge in [0.2, 0.25) is 0 Å². The first-order chi connectivity index (χ1) is 9.65. The van der Waals surface area contributed by atoms with Crippen molar-refractivity contribution in [3.8, 4) is 11.5 Å². The molecule has 0 bridgehead atoms. The van der Waals surface area contributed by atoms with Gasteiger partial charge in [-0.3, -0.25) is 0 Å². The highest BCUT2D eigenvalue weighted by molar-refractivity contribution is 5.59. The molecule has 1 rings (SSSR count). The van der Waals surface area contributed by atoms with Gasteiger partial charge in [-0.15, -0.1) is 0 Å². The minimum atomic E-state index is 0.506. The SMILES string of the molecule is CCCCOc1c(CC)c(CC)c(O)c(CC)c1CC. The van der Waals surface area contributed by atoms with Gasteiger partial charge >= 0.3 is 0 Å². The van der Waals surface area contributed by atoms with Crippen LogP contribution in [0.3, 0.4) is 0 Å². The van der Waals surface area contributed by atoms with E-state index in [-0.39, 0.29) is 0 Å². The number of aromatic hydroxyl groups is 1. The molecule has 0 radical (unpaired) electrons. The second kappa shape index (κ2) is 8.18. The molecule has 1 aromatic rings. The summed E-state index contributed by atoms with van der Waals surface area (Å²) >= 11 is 0. The third-order valence-corrected chi connectivity index (χ3v) is 4.01. The molecule has 0 unspecified atom stereocenters. The first-order valence-corrected chi connectivity index (χ1v) is 8.17. The highest BCUT2D eigenvalue weighted by Crippen LogP contribution is 2.39. The molecule has 2 nitrogen and oxygen atoms in total. The molecule has 0 aliphatic rings. The van der Waals surface area contributed by atoms with Gasteiger partial charge in [0.05, 0.1) is 6.61 Å². The van der Waals surface area contributed by atoms with Crippen LogP contribution >= 0.6 is 0 Å². The molecule has 0 atom stereocenters. The maximum atomic E-state index is 10.6. The summed E-state index contributed by atoms with van der Waals surface area (Å²) in [6, 6.07) is 0. The Hall–Kier alpha value is -1.18.